The van der Waals surface area contributed by atoms with Crippen molar-refractivity contribution in [2.45, 2.75) is 73.3 Å². The van der Waals surface area contributed by atoms with E-state index in [0.29, 0.717) is 24.0 Å². The summed E-state index contributed by atoms with van der Waals surface area (Å²) in [5.74, 6) is -4.22. The fourth-order valence-electron chi connectivity index (χ4n) is 3.67. The lowest BCUT2D eigenvalue weighted by molar-refractivity contribution is -0.147. The third kappa shape index (κ3) is 8.14. The minimum absolute atomic E-state index is 0.0275. The molecular weight excluding hydrogens is 514 g/mol. The Kier molecular flexibility index (Phi) is 11.0. The minimum atomic E-state index is -1.37. The number of benzene rings is 2. The second-order valence-corrected chi connectivity index (χ2v) is 11.3. The largest absolute Gasteiger partial charge is 0.480 e. The molecule has 40 heavy (non-hydrogen) atoms. The zero-order valence-corrected chi connectivity index (χ0v) is 24.4. The topological polar surface area (TPSA) is 142 Å². The van der Waals surface area contributed by atoms with Gasteiger partial charge in [-0.2, -0.15) is 0 Å². The molecule has 2 unspecified atom stereocenters. The molecule has 9 nitrogen and oxygen atoms in total. The molecule has 0 saturated carbocycles. The van der Waals surface area contributed by atoms with Gasteiger partial charge >= 0.3 is 23.9 Å². The molecule has 2 aromatic carbocycles. The van der Waals surface area contributed by atoms with Crippen LogP contribution < -0.4 is 15.2 Å². The summed E-state index contributed by atoms with van der Waals surface area (Å²) in [6.45, 7) is 12.3. The van der Waals surface area contributed by atoms with Crippen molar-refractivity contribution in [1.29, 1.82) is 0 Å². The summed E-state index contributed by atoms with van der Waals surface area (Å²) < 4.78 is 16.8. The molecule has 0 aliphatic carbocycles. The van der Waals surface area contributed by atoms with E-state index < -0.39 is 52.6 Å². The molecule has 0 saturated heterocycles. The fraction of sp³-hybridized carbons (Fsp3) is 0.484. The van der Waals surface area contributed by atoms with Gasteiger partial charge in [0.05, 0.1) is 23.0 Å². The predicted octanol–water partition coefficient (Wildman–Crippen LogP) is 5.36. The van der Waals surface area contributed by atoms with Crippen molar-refractivity contribution < 1.29 is 38.5 Å². The lowest BCUT2D eigenvalue weighted by atomic mass is 9.82. The maximum atomic E-state index is 13.0. The Morgan fingerprint density at radius 1 is 0.850 bits per heavy atom. The van der Waals surface area contributed by atoms with E-state index in [2.05, 4.69) is 0 Å². The molecule has 0 fully saturated rings. The van der Waals surface area contributed by atoms with Crippen molar-refractivity contribution in [3.8, 4) is 11.5 Å². The van der Waals surface area contributed by atoms with Gasteiger partial charge < -0.3 is 25.1 Å². The van der Waals surface area contributed by atoms with Gasteiger partial charge in [0, 0.05) is 5.92 Å². The van der Waals surface area contributed by atoms with E-state index in [0.717, 1.165) is 0 Å². The number of rotatable bonds is 13. The number of aliphatic carboxylic acids is 1. The Morgan fingerprint density at radius 3 is 1.88 bits per heavy atom. The van der Waals surface area contributed by atoms with Crippen molar-refractivity contribution in [3.63, 3.8) is 0 Å². The van der Waals surface area contributed by atoms with Crippen LogP contribution in [0, 0.1) is 16.7 Å². The van der Waals surface area contributed by atoms with Gasteiger partial charge in [0.25, 0.3) is 0 Å². The van der Waals surface area contributed by atoms with Crippen LogP contribution >= 0.6 is 0 Å². The van der Waals surface area contributed by atoms with Crippen LogP contribution in [0.4, 0.5) is 0 Å². The highest BCUT2D eigenvalue weighted by molar-refractivity contribution is 5.89. The second kappa shape index (κ2) is 13.6. The number of nitrogens with two attached hydrogens (primary N) is 1. The molecule has 0 aromatic heterocycles. The van der Waals surface area contributed by atoms with Gasteiger partial charge in [-0.3, -0.25) is 14.4 Å². The lowest BCUT2D eigenvalue weighted by Gasteiger charge is -2.29. The molecule has 0 aliphatic heterocycles. The first-order valence-electron chi connectivity index (χ1n) is 13.4. The van der Waals surface area contributed by atoms with Crippen molar-refractivity contribution in [1.82, 2.24) is 0 Å². The SMILES string of the molecule is CCC(C)(C)C(=O)Oc1ccc(C(C(C)COC(=O)c2ccccc2)[C@H](N)C(=O)O)cc1OC(=O)C(C)(C)CC. The van der Waals surface area contributed by atoms with E-state index in [9.17, 15) is 24.3 Å². The minimum Gasteiger partial charge on any atom is -0.480 e. The zero-order chi connectivity index (χ0) is 30.3. The van der Waals surface area contributed by atoms with E-state index in [4.69, 9.17) is 19.9 Å². The van der Waals surface area contributed by atoms with Crippen LogP contribution in [0.1, 0.15) is 83.1 Å². The molecule has 0 heterocycles. The monoisotopic (exact) mass is 555 g/mol. The Hall–Kier alpha value is -3.72. The quantitative estimate of drug-likeness (QED) is 0.247. The lowest BCUT2D eigenvalue weighted by Crippen LogP contribution is -2.40. The third-order valence-corrected chi connectivity index (χ3v) is 7.40. The summed E-state index contributed by atoms with van der Waals surface area (Å²) in [7, 11) is 0. The first-order chi connectivity index (χ1) is 18.6. The molecular formula is C31H41NO8. The molecule has 0 bridgehead atoms. The van der Waals surface area contributed by atoms with E-state index in [1.807, 2.05) is 13.8 Å². The molecule has 0 amide bonds. The highest BCUT2D eigenvalue weighted by Gasteiger charge is 2.35. The zero-order valence-electron chi connectivity index (χ0n) is 24.4. The molecule has 9 heteroatoms. The van der Waals surface area contributed by atoms with Gasteiger partial charge in [-0.05, 0) is 76.3 Å². The molecule has 0 spiro atoms. The van der Waals surface area contributed by atoms with Crippen LogP contribution in [-0.4, -0.2) is 41.6 Å². The molecule has 218 valence electrons. The van der Waals surface area contributed by atoms with Gasteiger partial charge in [0.15, 0.2) is 11.5 Å². The number of ether oxygens (including phenoxy) is 3. The molecule has 3 atom stereocenters. The normalized spacial score (nSPS) is 14.0. The number of carboxylic acids is 1. The Balaban J connectivity index is 2.48. The van der Waals surface area contributed by atoms with Gasteiger partial charge in [0.2, 0.25) is 0 Å². The standard InChI is InChI=1S/C31H41NO8/c1-8-30(4,5)28(36)39-22-16-15-21(17-23(22)40-29(37)31(6,7)9-2)24(25(32)26(33)34)19(3)18-38-27(35)20-13-11-10-12-14-20/h10-17,19,24-25H,8-9,18,32H2,1-7H3,(H,33,34)/t19?,24?,25-/m0/s1. The maximum absolute atomic E-state index is 13.0. The molecule has 2 rings (SSSR count). The Morgan fingerprint density at radius 2 is 1.38 bits per heavy atom. The Labute approximate surface area is 236 Å². The summed E-state index contributed by atoms with van der Waals surface area (Å²) >= 11 is 0. The van der Waals surface area contributed by atoms with E-state index in [1.54, 1.807) is 71.0 Å². The van der Waals surface area contributed by atoms with Crippen LogP contribution in [0.3, 0.4) is 0 Å². The predicted molar refractivity (Wildman–Crippen MR) is 150 cm³/mol. The fourth-order valence-corrected chi connectivity index (χ4v) is 3.67. The third-order valence-electron chi connectivity index (χ3n) is 7.40. The summed E-state index contributed by atoms with van der Waals surface area (Å²) in [6, 6.07) is 11.6. The van der Waals surface area contributed by atoms with Crippen molar-refractivity contribution in [2.24, 2.45) is 22.5 Å². The number of carbonyl (C=O) groups is 4. The van der Waals surface area contributed by atoms with Crippen LogP contribution in [0.25, 0.3) is 0 Å². The summed E-state index contributed by atoms with van der Waals surface area (Å²) in [4.78, 5) is 50.3. The van der Waals surface area contributed by atoms with Crippen molar-refractivity contribution >= 4 is 23.9 Å². The van der Waals surface area contributed by atoms with E-state index in [1.165, 1.54) is 12.1 Å². The highest BCUT2D eigenvalue weighted by atomic mass is 16.6. The number of hydrogen-bond donors (Lipinski definition) is 2. The first-order valence-corrected chi connectivity index (χ1v) is 13.4. The van der Waals surface area contributed by atoms with Crippen LogP contribution in [0.15, 0.2) is 48.5 Å². The number of esters is 3. The van der Waals surface area contributed by atoms with Crippen LogP contribution in [0.5, 0.6) is 11.5 Å². The summed E-state index contributed by atoms with van der Waals surface area (Å²) in [6.07, 6.45) is 1.02. The van der Waals surface area contributed by atoms with Crippen molar-refractivity contribution in [3.05, 3.63) is 59.7 Å². The molecule has 0 radical (unpaired) electrons. The smallest absolute Gasteiger partial charge is 0.338 e. The van der Waals surface area contributed by atoms with Gasteiger partial charge in [-0.15, -0.1) is 0 Å². The average molecular weight is 556 g/mol. The summed E-state index contributed by atoms with van der Waals surface area (Å²) in [5, 5.41) is 9.77. The molecule has 2 aromatic rings. The number of hydrogen-bond acceptors (Lipinski definition) is 8. The first kappa shape index (κ1) is 32.5. The van der Waals surface area contributed by atoms with Crippen molar-refractivity contribution in [2.75, 3.05) is 6.61 Å². The number of carboxylic acid groups (broad SMARTS) is 1. The van der Waals surface area contributed by atoms with Gasteiger partial charge in [-0.25, -0.2) is 4.79 Å². The van der Waals surface area contributed by atoms with E-state index >= 15 is 0 Å². The molecule has 3 N–H and O–H groups in total. The van der Waals surface area contributed by atoms with Gasteiger partial charge in [0.1, 0.15) is 6.04 Å². The highest BCUT2D eigenvalue weighted by Crippen LogP contribution is 2.38. The molecule has 0 aliphatic rings. The summed E-state index contributed by atoms with van der Waals surface area (Å²) in [5.41, 5.74) is 5.29. The van der Waals surface area contributed by atoms with E-state index in [-0.39, 0.29) is 18.1 Å². The average Bonchev–Trinajstić information content (AvgIpc) is 2.93. The maximum Gasteiger partial charge on any atom is 0.338 e. The van der Waals surface area contributed by atoms with Crippen LogP contribution in [0.2, 0.25) is 0 Å². The van der Waals surface area contributed by atoms with Crippen LogP contribution in [-0.2, 0) is 19.1 Å². The van der Waals surface area contributed by atoms with Gasteiger partial charge in [-0.1, -0.05) is 45.0 Å². The number of carbonyl (C=O) groups excluding carboxylic acids is 3. The Bertz CT molecular complexity index is 1210. The second-order valence-electron chi connectivity index (χ2n) is 11.3.